The van der Waals surface area contributed by atoms with Gasteiger partial charge in [0, 0.05) is 5.75 Å². The Morgan fingerprint density at radius 1 is 1.32 bits per heavy atom. The number of thioether (sulfide) groups is 1. The van der Waals surface area contributed by atoms with E-state index in [4.69, 9.17) is 5.73 Å². The monoisotopic (exact) mass is 276 g/mol. The van der Waals surface area contributed by atoms with Crippen molar-refractivity contribution in [2.24, 2.45) is 5.73 Å². The molecule has 1 amide bonds. The summed E-state index contributed by atoms with van der Waals surface area (Å²) in [6, 6.07) is 10.3. The molecular formula is C13H16N4OS. The fourth-order valence-corrected chi connectivity index (χ4v) is 2.68. The van der Waals surface area contributed by atoms with Gasteiger partial charge in [-0.05, 0) is 18.9 Å². The first kappa shape index (κ1) is 13.6. The molecule has 0 radical (unpaired) electrons. The van der Waals surface area contributed by atoms with Crippen molar-refractivity contribution in [2.45, 2.75) is 25.0 Å². The Bertz CT molecular complexity index is 553. The van der Waals surface area contributed by atoms with Crippen molar-refractivity contribution >= 4 is 17.7 Å². The number of hydrogen-bond donors (Lipinski definition) is 1. The molecule has 1 heterocycles. The summed E-state index contributed by atoms with van der Waals surface area (Å²) < 4.78 is 1.75. The molecule has 19 heavy (non-hydrogen) atoms. The first-order valence-corrected chi connectivity index (χ1v) is 7.00. The molecule has 0 aliphatic heterocycles. The van der Waals surface area contributed by atoms with E-state index in [1.807, 2.05) is 25.1 Å². The molecule has 2 N–H and O–H groups in total. The highest BCUT2D eigenvalue weighted by molar-refractivity contribution is 7.99. The Morgan fingerprint density at radius 2 is 2.05 bits per heavy atom. The van der Waals surface area contributed by atoms with Crippen molar-refractivity contribution in [1.82, 2.24) is 14.8 Å². The first-order chi connectivity index (χ1) is 9.16. The minimum atomic E-state index is -0.382. The Kier molecular flexibility index (Phi) is 4.57. The molecule has 2 aromatic rings. The molecule has 2 rings (SSSR count). The van der Waals surface area contributed by atoms with Gasteiger partial charge in [0.1, 0.15) is 12.4 Å². The van der Waals surface area contributed by atoms with Gasteiger partial charge in [0.25, 0.3) is 0 Å². The molecule has 0 saturated carbocycles. The van der Waals surface area contributed by atoms with Crippen molar-refractivity contribution in [2.75, 3.05) is 5.75 Å². The van der Waals surface area contributed by atoms with Crippen molar-refractivity contribution in [3.8, 4) is 0 Å². The molecule has 100 valence electrons. The van der Waals surface area contributed by atoms with Crippen LogP contribution in [0.5, 0.6) is 0 Å². The summed E-state index contributed by atoms with van der Waals surface area (Å²) in [5.74, 6) is 1.22. The van der Waals surface area contributed by atoms with Gasteiger partial charge in [-0.15, -0.1) is 10.2 Å². The first-order valence-electron chi connectivity index (χ1n) is 6.01. The molecule has 0 aliphatic rings. The van der Waals surface area contributed by atoms with Gasteiger partial charge in [0.2, 0.25) is 5.91 Å². The molecule has 6 heteroatoms. The van der Waals surface area contributed by atoms with E-state index >= 15 is 0 Å². The molecule has 0 fully saturated rings. The second kappa shape index (κ2) is 6.38. The minimum Gasteiger partial charge on any atom is -0.368 e. The summed E-state index contributed by atoms with van der Waals surface area (Å²) in [4.78, 5) is 11.0. The van der Waals surface area contributed by atoms with Gasteiger partial charge >= 0.3 is 0 Å². The van der Waals surface area contributed by atoms with Gasteiger partial charge in [0.05, 0.1) is 0 Å². The lowest BCUT2D eigenvalue weighted by atomic mass is 10.2. The van der Waals surface area contributed by atoms with E-state index in [-0.39, 0.29) is 12.5 Å². The SMILES string of the molecule is Cc1nnc(SCCc2ccccc2)n1CC(N)=O. The van der Waals surface area contributed by atoms with Crippen LogP contribution in [-0.4, -0.2) is 26.4 Å². The lowest BCUT2D eigenvalue weighted by Gasteiger charge is -2.05. The van der Waals surface area contributed by atoms with Crippen molar-refractivity contribution in [3.05, 3.63) is 41.7 Å². The smallest absolute Gasteiger partial charge is 0.237 e. The summed E-state index contributed by atoms with van der Waals surface area (Å²) in [6.45, 7) is 1.95. The van der Waals surface area contributed by atoms with E-state index in [1.54, 1.807) is 16.3 Å². The van der Waals surface area contributed by atoms with Gasteiger partial charge in [-0.2, -0.15) is 0 Å². The van der Waals surface area contributed by atoms with Crippen LogP contribution < -0.4 is 5.73 Å². The average molecular weight is 276 g/mol. The number of aromatic nitrogens is 3. The predicted molar refractivity (Wildman–Crippen MR) is 74.8 cm³/mol. The fourth-order valence-electron chi connectivity index (χ4n) is 1.71. The van der Waals surface area contributed by atoms with Crippen LogP contribution in [0.2, 0.25) is 0 Å². The summed E-state index contributed by atoms with van der Waals surface area (Å²) in [5.41, 5.74) is 6.50. The van der Waals surface area contributed by atoms with Crippen molar-refractivity contribution < 1.29 is 4.79 Å². The van der Waals surface area contributed by atoms with Crippen LogP contribution in [0, 0.1) is 6.92 Å². The van der Waals surface area contributed by atoms with Crippen molar-refractivity contribution in [1.29, 1.82) is 0 Å². The number of nitrogens with two attached hydrogens (primary N) is 1. The number of primary amides is 1. The number of benzene rings is 1. The third-order valence-electron chi connectivity index (χ3n) is 2.68. The number of amides is 1. The summed E-state index contributed by atoms with van der Waals surface area (Å²) in [6.07, 6.45) is 0.952. The van der Waals surface area contributed by atoms with E-state index in [0.717, 1.165) is 17.3 Å². The maximum Gasteiger partial charge on any atom is 0.237 e. The van der Waals surface area contributed by atoms with E-state index in [9.17, 15) is 4.79 Å². The average Bonchev–Trinajstić information content (AvgIpc) is 2.72. The third-order valence-corrected chi connectivity index (χ3v) is 3.65. The minimum absolute atomic E-state index is 0.131. The van der Waals surface area contributed by atoms with Crippen LogP contribution in [0.1, 0.15) is 11.4 Å². The van der Waals surface area contributed by atoms with Crippen LogP contribution in [0.25, 0.3) is 0 Å². The molecule has 0 spiro atoms. The Morgan fingerprint density at radius 3 is 2.74 bits per heavy atom. The highest BCUT2D eigenvalue weighted by Crippen LogP contribution is 2.18. The lowest BCUT2D eigenvalue weighted by molar-refractivity contribution is -0.118. The van der Waals surface area contributed by atoms with Gasteiger partial charge in [-0.1, -0.05) is 42.1 Å². The van der Waals surface area contributed by atoms with Crippen LogP contribution in [0.15, 0.2) is 35.5 Å². The normalized spacial score (nSPS) is 10.6. The summed E-state index contributed by atoms with van der Waals surface area (Å²) >= 11 is 1.59. The molecule has 5 nitrogen and oxygen atoms in total. The number of rotatable bonds is 6. The second-order valence-corrected chi connectivity index (χ2v) is 5.23. The molecule has 0 bridgehead atoms. The van der Waals surface area contributed by atoms with Crippen molar-refractivity contribution in [3.63, 3.8) is 0 Å². The van der Waals surface area contributed by atoms with Crippen LogP contribution in [-0.2, 0) is 17.8 Å². The lowest BCUT2D eigenvalue weighted by Crippen LogP contribution is -2.20. The quantitative estimate of drug-likeness (QED) is 0.809. The van der Waals surface area contributed by atoms with Gasteiger partial charge in [-0.25, -0.2) is 0 Å². The van der Waals surface area contributed by atoms with E-state index in [1.165, 1.54) is 5.56 Å². The maximum absolute atomic E-state index is 11.0. The molecule has 0 aliphatic carbocycles. The zero-order valence-corrected chi connectivity index (χ0v) is 11.6. The molecule has 1 aromatic carbocycles. The van der Waals surface area contributed by atoms with Gasteiger partial charge in [-0.3, -0.25) is 9.36 Å². The highest BCUT2D eigenvalue weighted by Gasteiger charge is 2.11. The number of hydrogen-bond acceptors (Lipinski definition) is 4. The Labute approximate surface area is 116 Å². The zero-order chi connectivity index (χ0) is 13.7. The second-order valence-electron chi connectivity index (χ2n) is 4.17. The number of carbonyl (C=O) groups excluding carboxylic acids is 1. The number of aryl methyl sites for hydroxylation is 2. The van der Waals surface area contributed by atoms with E-state index in [0.29, 0.717) is 5.82 Å². The molecule has 0 atom stereocenters. The van der Waals surface area contributed by atoms with Gasteiger partial charge in [0.15, 0.2) is 5.16 Å². The van der Waals surface area contributed by atoms with Gasteiger partial charge < -0.3 is 5.73 Å². The Balaban J connectivity index is 1.94. The van der Waals surface area contributed by atoms with Crippen LogP contribution in [0.4, 0.5) is 0 Å². The molecular weight excluding hydrogens is 260 g/mol. The fraction of sp³-hybridized carbons (Fsp3) is 0.308. The third kappa shape index (κ3) is 3.82. The molecule has 0 saturated heterocycles. The topological polar surface area (TPSA) is 73.8 Å². The summed E-state index contributed by atoms with van der Waals surface area (Å²) in [5, 5.41) is 8.79. The highest BCUT2D eigenvalue weighted by atomic mass is 32.2. The number of nitrogens with zero attached hydrogens (tertiary/aromatic N) is 3. The predicted octanol–water partition coefficient (Wildman–Crippen LogP) is 1.41. The summed E-state index contributed by atoms with van der Waals surface area (Å²) in [7, 11) is 0. The van der Waals surface area contributed by atoms with E-state index < -0.39 is 0 Å². The maximum atomic E-state index is 11.0. The molecule has 0 unspecified atom stereocenters. The van der Waals surface area contributed by atoms with E-state index in [2.05, 4.69) is 22.3 Å². The molecule has 1 aromatic heterocycles. The van der Waals surface area contributed by atoms with Crippen LogP contribution >= 0.6 is 11.8 Å². The largest absolute Gasteiger partial charge is 0.368 e. The zero-order valence-electron chi connectivity index (χ0n) is 10.7. The van der Waals surface area contributed by atoms with Crippen LogP contribution in [0.3, 0.4) is 0 Å². The number of carbonyl (C=O) groups is 1. The standard InChI is InChI=1S/C13H16N4OS/c1-10-15-16-13(17(10)9-12(14)18)19-8-7-11-5-3-2-4-6-11/h2-6H,7-9H2,1H3,(H2,14,18). The Hall–Kier alpha value is -1.82.